The number of hydrogen-bond donors (Lipinski definition) is 1. The first-order valence-electron chi connectivity index (χ1n) is 11.0. The van der Waals surface area contributed by atoms with Gasteiger partial charge in [-0.2, -0.15) is 0 Å². The zero-order chi connectivity index (χ0) is 25.0. The van der Waals surface area contributed by atoms with E-state index < -0.39 is 33.7 Å². The Bertz CT molecular complexity index is 1200. The molecule has 1 atom stereocenters. The molecule has 0 radical (unpaired) electrons. The third kappa shape index (κ3) is 5.27. The monoisotopic (exact) mass is 489 g/mol. The number of sulfonamides is 1. The van der Waals surface area contributed by atoms with Gasteiger partial charge in [0.25, 0.3) is 15.9 Å². The van der Waals surface area contributed by atoms with E-state index in [0.717, 1.165) is 4.31 Å². The molecule has 182 valence electrons. The number of fused-ring (bicyclic) bond motifs is 1. The third-order valence-electron chi connectivity index (χ3n) is 5.56. The summed E-state index contributed by atoms with van der Waals surface area (Å²) in [5.74, 6) is -1.96. The van der Waals surface area contributed by atoms with Crippen molar-refractivity contribution in [2.75, 3.05) is 6.54 Å². The smallest absolute Gasteiger partial charge is 0.269 e. The Hall–Kier alpha value is -3.27. The fourth-order valence-electron chi connectivity index (χ4n) is 3.77. The number of carbonyl (C=O) groups excluding carboxylic acids is 3. The Morgan fingerprint density at radius 3 is 2.35 bits per heavy atom. The van der Waals surface area contributed by atoms with Crippen molar-refractivity contribution in [1.82, 2.24) is 14.5 Å². The molecule has 1 N–H and O–H groups in total. The number of halogens is 1. The maximum Gasteiger partial charge on any atom is 0.269 e. The van der Waals surface area contributed by atoms with E-state index in [1.807, 2.05) is 0 Å². The molecule has 3 rings (SSSR count). The lowest BCUT2D eigenvalue weighted by atomic mass is 10.1. The lowest BCUT2D eigenvalue weighted by Crippen LogP contribution is -2.49. The number of amides is 3. The normalized spacial score (nSPS) is 15.2. The van der Waals surface area contributed by atoms with Crippen molar-refractivity contribution in [3.8, 4) is 0 Å². The summed E-state index contributed by atoms with van der Waals surface area (Å²) >= 11 is 0. The van der Waals surface area contributed by atoms with Gasteiger partial charge >= 0.3 is 0 Å². The third-order valence-corrected chi connectivity index (χ3v) is 7.40. The number of benzene rings is 2. The molecule has 0 saturated carbocycles. The molecular weight excluding hydrogens is 461 g/mol. The van der Waals surface area contributed by atoms with Gasteiger partial charge < -0.3 is 10.2 Å². The average Bonchev–Trinajstić information content (AvgIpc) is 2.98. The summed E-state index contributed by atoms with van der Waals surface area (Å²) in [5.41, 5.74) is 0.363. The maximum atomic E-state index is 14.3. The molecule has 34 heavy (non-hydrogen) atoms. The fourth-order valence-corrected chi connectivity index (χ4v) is 5.37. The minimum absolute atomic E-state index is 0.0496. The first-order valence-corrected chi connectivity index (χ1v) is 12.5. The Balaban J connectivity index is 1.72. The van der Waals surface area contributed by atoms with Crippen LogP contribution in [-0.4, -0.2) is 54.0 Å². The van der Waals surface area contributed by atoms with Crippen molar-refractivity contribution in [1.29, 1.82) is 0 Å². The van der Waals surface area contributed by atoms with E-state index in [0.29, 0.717) is 0 Å². The van der Waals surface area contributed by atoms with Crippen LogP contribution >= 0.6 is 0 Å². The van der Waals surface area contributed by atoms with E-state index in [9.17, 15) is 27.2 Å². The highest BCUT2D eigenvalue weighted by atomic mass is 32.2. The van der Waals surface area contributed by atoms with E-state index in [4.69, 9.17) is 0 Å². The van der Waals surface area contributed by atoms with Gasteiger partial charge in [0.05, 0.1) is 5.56 Å². The van der Waals surface area contributed by atoms with Gasteiger partial charge in [0.2, 0.25) is 11.8 Å². The van der Waals surface area contributed by atoms with Gasteiger partial charge in [-0.15, -0.1) is 0 Å². The van der Waals surface area contributed by atoms with Gasteiger partial charge in [0.15, 0.2) is 0 Å². The Morgan fingerprint density at radius 1 is 1.06 bits per heavy atom. The largest absolute Gasteiger partial charge is 0.352 e. The Kier molecular flexibility index (Phi) is 7.71. The van der Waals surface area contributed by atoms with Gasteiger partial charge in [-0.25, -0.2) is 17.1 Å². The Morgan fingerprint density at radius 2 is 1.71 bits per heavy atom. The van der Waals surface area contributed by atoms with Crippen LogP contribution in [0.4, 0.5) is 4.39 Å². The highest BCUT2D eigenvalue weighted by molar-refractivity contribution is 7.90. The van der Waals surface area contributed by atoms with Crippen molar-refractivity contribution in [2.45, 2.75) is 57.1 Å². The van der Waals surface area contributed by atoms with Gasteiger partial charge in [-0.05, 0) is 45.4 Å². The standard InChI is InChI=1S/C24H28FN3O5S/c1-16(2)26-23(30)17(3)27(15-18-9-4-6-11-20(18)25)22(29)13-8-14-28-24(31)19-10-5-7-12-21(19)34(28,32)33/h4-7,9-12,16-17H,8,13-15H2,1-3H3,(H,26,30)/t17-/m1/s1. The molecule has 2 aromatic rings. The van der Waals surface area contributed by atoms with Gasteiger partial charge in [0.1, 0.15) is 16.8 Å². The molecule has 0 bridgehead atoms. The first-order chi connectivity index (χ1) is 16.0. The molecule has 8 nitrogen and oxygen atoms in total. The predicted molar refractivity (Wildman–Crippen MR) is 124 cm³/mol. The minimum atomic E-state index is -3.97. The molecule has 0 aromatic heterocycles. The summed E-state index contributed by atoms with van der Waals surface area (Å²) in [6.45, 7) is 4.84. The van der Waals surface area contributed by atoms with Gasteiger partial charge in [0, 0.05) is 31.1 Å². The van der Waals surface area contributed by atoms with E-state index in [2.05, 4.69) is 5.32 Å². The first kappa shape index (κ1) is 25.4. The molecular formula is C24H28FN3O5S. The lowest BCUT2D eigenvalue weighted by molar-refractivity contribution is -0.141. The topological polar surface area (TPSA) is 104 Å². The summed E-state index contributed by atoms with van der Waals surface area (Å²) in [5, 5.41) is 2.75. The van der Waals surface area contributed by atoms with Crippen molar-refractivity contribution < 1.29 is 27.2 Å². The SMILES string of the molecule is CC(C)NC(=O)[C@@H](C)N(Cc1ccccc1F)C(=O)CCCN1C(=O)c2ccccc2S1(=O)=O. The van der Waals surface area contributed by atoms with Crippen molar-refractivity contribution >= 4 is 27.7 Å². The number of nitrogens with one attached hydrogen (secondary N) is 1. The summed E-state index contributed by atoms with van der Waals surface area (Å²) in [7, 11) is -3.97. The fraction of sp³-hybridized carbons (Fsp3) is 0.375. The summed E-state index contributed by atoms with van der Waals surface area (Å²) < 4.78 is 40.4. The quantitative estimate of drug-likeness (QED) is 0.583. The second kappa shape index (κ2) is 10.3. The van der Waals surface area contributed by atoms with Crippen molar-refractivity contribution in [3.63, 3.8) is 0 Å². The summed E-state index contributed by atoms with van der Waals surface area (Å²) in [6.07, 6.45) is -0.0620. The Labute approximate surface area is 198 Å². The van der Waals surface area contributed by atoms with Crippen LogP contribution in [0.1, 0.15) is 49.5 Å². The molecule has 0 fully saturated rings. The van der Waals surface area contributed by atoms with Crippen LogP contribution in [-0.2, 0) is 26.2 Å². The summed E-state index contributed by atoms with van der Waals surface area (Å²) in [4.78, 5) is 39.5. The van der Waals surface area contributed by atoms with Gasteiger partial charge in [-0.3, -0.25) is 14.4 Å². The van der Waals surface area contributed by atoms with E-state index >= 15 is 0 Å². The van der Waals surface area contributed by atoms with Crippen LogP contribution in [0.25, 0.3) is 0 Å². The van der Waals surface area contributed by atoms with Crippen molar-refractivity contribution in [3.05, 3.63) is 65.5 Å². The minimum Gasteiger partial charge on any atom is -0.352 e. The zero-order valence-electron chi connectivity index (χ0n) is 19.3. The summed E-state index contributed by atoms with van der Waals surface area (Å²) in [6, 6.07) is 10.9. The van der Waals surface area contributed by atoms with E-state index in [1.54, 1.807) is 39.0 Å². The van der Waals surface area contributed by atoms with Gasteiger partial charge in [-0.1, -0.05) is 30.3 Å². The zero-order valence-corrected chi connectivity index (χ0v) is 20.1. The number of carbonyl (C=O) groups is 3. The molecule has 1 aliphatic rings. The average molecular weight is 490 g/mol. The molecule has 1 heterocycles. The van der Waals surface area contributed by atoms with Crippen molar-refractivity contribution in [2.24, 2.45) is 0 Å². The molecule has 0 unspecified atom stereocenters. The number of rotatable bonds is 9. The van der Waals surface area contributed by atoms with Crippen LogP contribution in [0.3, 0.4) is 0 Å². The van der Waals surface area contributed by atoms with Crippen LogP contribution in [0.15, 0.2) is 53.4 Å². The molecule has 10 heteroatoms. The second-order valence-electron chi connectivity index (χ2n) is 8.43. The maximum absolute atomic E-state index is 14.3. The van der Waals surface area contributed by atoms with E-state index in [1.165, 1.54) is 35.2 Å². The van der Waals surface area contributed by atoms with Crippen LogP contribution < -0.4 is 5.32 Å². The molecule has 0 aliphatic carbocycles. The second-order valence-corrected chi connectivity index (χ2v) is 10.3. The molecule has 0 saturated heterocycles. The number of nitrogens with zero attached hydrogens (tertiary/aromatic N) is 2. The number of hydrogen-bond acceptors (Lipinski definition) is 5. The molecule has 3 amide bonds. The van der Waals surface area contributed by atoms with Crippen LogP contribution in [0, 0.1) is 5.82 Å². The highest BCUT2D eigenvalue weighted by Crippen LogP contribution is 2.30. The highest BCUT2D eigenvalue weighted by Gasteiger charge is 2.40. The predicted octanol–water partition coefficient (Wildman–Crippen LogP) is 2.69. The molecule has 1 aliphatic heterocycles. The molecule has 2 aromatic carbocycles. The molecule has 0 spiro atoms. The van der Waals surface area contributed by atoms with Crippen LogP contribution in [0.5, 0.6) is 0 Å². The lowest BCUT2D eigenvalue weighted by Gasteiger charge is -2.29. The van der Waals surface area contributed by atoms with Crippen LogP contribution in [0.2, 0.25) is 0 Å². The van der Waals surface area contributed by atoms with E-state index in [-0.39, 0.29) is 53.9 Å².